The summed E-state index contributed by atoms with van der Waals surface area (Å²) in [5.74, 6) is -0.593. The van der Waals surface area contributed by atoms with Gasteiger partial charge in [0.1, 0.15) is 0 Å². The molecule has 3 atom stereocenters. The molecule has 1 unspecified atom stereocenters. The van der Waals surface area contributed by atoms with Crippen molar-refractivity contribution in [3.05, 3.63) is 29.3 Å². The van der Waals surface area contributed by atoms with Crippen molar-refractivity contribution in [3.8, 4) is 0 Å². The highest BCUT2D eigenvalue weighted by molar-refractivity contribution is 5.95. The summed E-state index contributed by atoms with van der Waals surface area (Å²) in [6.07, 6.45) is 2.66. The SMILES string of the molecule is Cc1ccc(C)c(NC(=O)C(C)N2C[C@@H]3CCC[C@@]3(C(=O)O)C2)c1. The number of rotatable bonds is 4. The van der Waals surface area contributed by atoms with Crippen LogP contribution >= 0.6 is 0 Å². The molecular weight excluding hydrogens is 304 g/mol. The lowest BCUT2D eigenvalue weighted by Crippen LogP contribution is -2.43. The van der Waals surface area contributed by atoms with Crippen LogP contribution in [-0.2, 0) is 9.59 Å². The standard InChI is InChI=1S/C19H26N2O3/c1-12-6-7-13(2)16(9-12)20-17(22)14(3)21-10-15-5-4-8-19(15,11-21)18(23)24/h6-7,9,14-15H,4-5,8,10-11H2,1-3H3,(H,20,22)(H,23,24)/t14?,15-,19+/m0/s1. The zero-order valence-electron chi connectivity index (χ0n) is 14.6. The van der Waals surface area contributed by atoms with Crippen LogP contribution < -0.4 is 5.32 Å². The number of carbonyl (C=O) groups is 2. The number of aliphatic carboxylic acids is 1. The number of anilines is 1. The van der Waals surface area contributed by atoms with Gasteiger partial charge in [-0.1, -0.05) is 18.6 Å². The molecule has 0 spiro atoms. The molecule has 1 saturated carbocycles. The first kappa shape index (κ1) is 17.0. The molecule has 130 valence electrons. The molecule has 0 radical (unpaired) electrons. The minimum atomic E-state index is -0.699. The minimum Gasteiger partial charge on any atom is -0.481 e. The van der Waals surface area contributed by atoms with E-state index in [-0.39, 0.29) is 17.9 Å². The van der Waals surface area contributed by atoms with Crippen molar-refractivity contribution in [2.75, 3.05) is 18.4 Å². The number of nitrogens with zero attached hydrogens (tertiary/aromatic N) is 1. The van der Waals surface area contributed by atoms with E-state index in [0.717, 1.165) is 36.1 Å². The number of carbonyl (C=O) groups excluding carboxylic acids is 1. The van der Waals surface area contributed by atoms with Crippen molar-refractivity contribution >= 4 is 17.6 Å². The van der Waals surface area contributed by atoms with Gasteiger partial charge in [0.25, 0.3) is 0 Å². The van der Waals surface area contributed by atoms with Crippen molar-refractivity contribution in [3.63, 3.8) is 0 Å². The van der Waals surface area contributed by atoms with Gasteiger partial charge < -0.3 is 10.4 Å². The molecule has 1 aromatic carbocycles. The maximum atomic E-state index is 12.7. The Bertz CT molecular complexity index is 673. The van der Waals surface area contributed by atoms with Gasteiger partial charge in [-0.15, -0.1) is 0 Å². The average Bonchev–Trinajstić information content (AvgIpc) is 3.08. The van der Waals surface area contributed by atoms with Crippen LogP contribution in [0.3, 0.4) is 0 Å². The van der Waals surface area contributed by atoms with Crippen LogP contribution in [0.4, 0.5) is 5.69 Å². The first-order valence-corrected chi connectivity index (χ1v) is 8.69. The fraction of sp³-hybridized carbons (Fsp3) is 0.579. The van der Waals surface area contributed by atoms with Crippen LogP contribution in [0.25, 0.3) is 0 Å². The van der Waals surface area contributed by atoms with Gasteiger partial charge in [0.05, 0.1) is 11.5 Å². The summed E-state index contributed by atoms with van der Waals surface area (Å²) in [6.45, 7) is 7.02. The van der Waals surface area contributed by atoms with E-state index >= 15 is 0 Å². The normalized spacial score (nSPS) is 27.7. The molecule has 3 rings (SSSR count). The van der Waals surface area contributed by atoms with Crippen molar-refractivity contribution < 1.29 is 14.7 Å². The second kappa shape index (κ2) is 6.20. The molecule has 1 aromatic rings. The van der Waals surface area contributed by atoms with Gasteiger partial charge in [-0.3, -0.25) is 14.5 Å². The number of aryl methyl sites for hydroxylation is 2. The van der Waals surface area contributed by atoms with Gasteiger partial charge in [0, 0.05) is 18.8 Å². The number of carboxylic acids is 1. The molecule has 1 aliphatic heterocycles. The lowest BCUT2D eigenvalue weighted by Gasteiger charge is -2.26. The second-order valence-electron chi connectivity index (χ2n) is 7.46. The number of benzene rings is 1. The van der Waals surface area contributed by atoms with E-state index in [1.807, 2.05) is 43.9 Å². The molecule has 1 heterocycles. The van der Waals surface area contributed by atoms with Gasteiger partial charge in [-0.25, -0.2) is 0 Å². The van der Waals surface area contributed by atoms with E-state index in [1.54, 1.807) is 0 Å². The number of amides is 1. The molecule has 2 aliphatic rings. The summed E-state index contributed by atoms with van der Waals surface area (Å²) in [7, 11) is 0. The van der Waals surface area contributed by atoms with Crippen LogP contribution in [-0.4, -0.2) is 41.0 Å². The summed E-state index contributed by atoms with van der Waals surface area (Å²) in [6, 6.07) is 5.66. The number of hydrogen-bond donors (Lipinski definition) is 2. The van der Waals surface area contributed by atoms with E-state index < -0.39 is 11.4 Å². The molecule has 1 saturated heterocycles. The van der Waals surface area contributed by atoms with E-state index in [2.05, 4.69) is 5.32 Å². The van der Waals surface area contributed by atoms with Gasteiger partial charge in [0.2, 0.25) is 5.91 Å². The van der Waals surface area contributed by atoms with E-state index in [9.17, 15) is 14.7 Å². The zero-order chi connectivity index (χ0) is 17.5. The van der Waals surface area contributed by atoms with Crippen LogP contribution in [0, 0.1) is 25.2 Å². The monoisotopic (exact) mass is 330 g/mol. The topological polar surface area (TPSA) is 69.6 Å². The Labute approximate surface area is 143 Å². The molecule has 1 amide bonds. The Morgan fingerprint density at radius 1 is 1.38 bits per heavy atom. The maximum Gasteiger partial charge on any atom is 0.311 e. The third-order valence-corrected chi connectivity index (χ3v) is 5.90. The highest BCUT2D eigenvalue weighted by Crippen LogP contribution is 2.49. The first-order valence-electron chi connectivity index (χ1n) is 8.69. The van der Waals surface area contributed by atoms with Crippen molar-refractivity contribution in [2.45, 2.75) is 46.1 Å². The summed E-state index contributed by atoms with van der Waals surface area (Å²) < 4.78 is 0. The highest BCUT2D eigenvalue weighted by atomic mass is 16.4. The Balaban J connectivity index is 1.71. The summed E-state index contributed by atoms with van der Waals surface area (Å²) >= 11 is 0. The predicted octanol–water partition coefficient (Wildman–Crippen LogP) is 2.82. The summed E-state index contributed by atoms with van der Waals surface area (Å²) in [5, 5.41) is 12.7. The number of carboxylic acid groups (broad SMARTS) is 1. The van der Waals surface area contributed by atoms with Gasteiger partial charge in [-0.2, -0.15) is 0 Å². The van der Waals surface area contributed by atoms with E-state index in [0.29, 0.717) is 13.1 Å². The summed E-state index contributed by atoms with van der Waals surface area (Å²) in [4.78, 5) is 26.5. The Morgan fingerprint density at radius 3 is 2.79 bits per heavy atom. The second-order valence-corrected chi connectivity index (χ2v) is 7.46. The number of fused-ring (bicyclic) bond motifs is 1. The molecule has 5 heteroatoms. The summed E-state index contributed by atoms with van der Waals surface area (Å²) in [5.41, 5.74) is 2.32. The number of nitrogens with one attached hydrogen (secondary N) is 1. The fourth-order valence-corrected chi connectivity index (χ4v) is 4.25. The molecule has 0 aromatic heterocycles. The Morgan fingerprint density at radius 2 is 2.12 bits per heavy atom. The number of likely N-dealkylation sites (tertiary alicyclic amines) is 1. The molecule has 0 bridgehead atoms. The van der Waals surface area contributed by atoms with Gasteiger partial charge in [0.15, 0.2) is 0 Å². The molecule has 2 fully saturated rings. The van der Waals surface area contributed by atoms with Gasteiger partial charge >= 0.3 is 5.97 Å². The predicted molar refractivity (Wildman–Crippen MR) is 93.0 cm³/mol. The molecule has 1 aliphatic carbocycles. The highest BCUT2D eigenvalue weighted by Gasteiger charge is 2.55. The quantitative estimate of drug-likeness (QED) is 0.891. The fourth-order valence-electron chi connectivity index (χ4n) is 4.25. The molecular formula is C19H26N2O3. The number of hydrogen-bond acceptors (Lipinski definition) is 3. The first-order chi connectivity index (χ1) is 11.3. The third-order valence-electron chi connectivity index (χ3n) is 5.90. The van der Waals surface area contributed by atoms with Crippen LogP contribution in [0.15, 0.2) is 18.2 Å². The lowest BCUT2D eigenvalue weighted by atomic mass is 9.81. The third kappa shape index (κ3) is 2.81. The van der Waals surface area contributed by atoms with Crippen molar-refractivity contribution in [1.82, 2.24) is 4.90 Å². The van der Waals surface area contributed by atoms with E-state index in [4.69, 9.17) is 0 Å². The maximum absolute atomic E-state index is 12.7. The molecule has 24 heavy (non-hydrogen) atoms. The van der Waals surface area contributed by atoms with Crippen LogP contribution in [0.5, 0.6) is 0 Å². The zero-order valence-corrected chi connectivity index (χ0v) is 14.6. The van der Waals surface area contributed by atoms with E-state index in [1.165, 1.54) is 0 Å². The smallest absolute Gasteiger partial charge is 0.311 e. The van der Waals surface area contributed by atoms with Crippen molar-refractivity contribution in [2.24, 2.45) is 11.3 Å². The Kier molecular flexibility index (Phi) is 4.38. The van der Waals surface area contributed by atoms with Crippen LogP contribution in [0.2, 0.25) is 0 Å². The molecule has 5 nitrogen and oxygen atoms in total. The van der Waals surface area contributed by atoms with Crippen molar-refractivity contribution in [1.29, 1.82) is 0 Å². The van der Waals surface area contributed by atoms with Crippen LogP contribution in [0.1, 0.15) is 37.3 Å². The minimum absolute atomic E-state index is 0.0655. The molecule has 2 N–H and O–H groups in total. The largest absolute Gasteiger partial charge is 0.481 e. The Hall–Kier alpha value is -1.88. The average molecular weight is 330 g/mol. The van der Waals surface area contributed by atoms with Gasteiger partial charge in [-0.05, 0) is 56.7 Å². The lowest BCUT2D eigenvalue weighted by molar-refractivity contribution is -0.149.